The molecule has 12 heteroatoms. The number of aromatic nitrogens is 1. The summed E-state index contributed by atoms with van der Waals surface area (Å²) in [4.78, 5) is 9.75. The van der Waals surface area contributed by atoms with Gasteiger partial charge in [-0.3, -0.25) is 9.88 Å². The Bertz CT molecular complexity index is 1940. The zero-order valence-electron chi connectivity index (χ0n) is 32.5. The van der Waals surface area contributed by atoms with E-state index in [1.165, 1.54) is 16.8 Å². The average molecular weight is 793 g/mol. The highest BCUT2D eigenvalue weighted by molar-refractivity contribution is 5.85. The van der Waals surface area contributed by atoms with E-state index in [9.17, 15) is 0 Å². The van der Waals surface area contributed by atoms with E-state index in [2.05, 4.69) is 63.3 Å². The molecular formula is C43H51Cl2N3O7. The molecule has 6 rings (SSSR count). The largest absolute Gasteiger partial charge is 0.497 e. The fraction of sp³-hybridized carbons (Fsp3) is 0.326. The van der Waals surface area contributed by atoms with E-state index in [0.29, 0.717) is 40.5 Å². The van der Waals surface area contributed by atoms with Gasteiger partial charge in [-0.05, 0) is 102 Å². The van der Waals surface area contributed by atoms with Gasteiger partial charge in [0, 0.05) is 49.7 Å². The van der Waals surface area contributed by atoms with Gasteiger partial charge in [0.05, 0.1) is 55.5 Å². The van der Waals surface area contributed by atoms with Crippen molar-refractivity contribution >= 4 is 30.5 Å². The van der Waals surface area contributed by atoms with Crippen LogP contribution >= 0.6 is 24.8 Å². The summed E-state index contributed by atoms with van der Waals surface area (Å²) in [6.07, 6.45) is 3.94. The predicted octanol–water partition coefficient (Wildman–Crippen LogP) is 8.99. The van der Waals surface area contributed by atoms with Gasteiger partial charge in [-0.15, -0.1) is 24.8 Å². The van der Waals surface area contributed by atoms with Crippen LogP contribution in [0.15, 0.2) is 91.1 Å². The standard InChI is InChI=1S/C43H49N3O7.2ClH/c1-47-36-13-11-34(12-14-36)46(28-29-9-8-10-31(21-29)32-23-38(48-2)42(52-6)39(24-32)49-3)35-16-19-45(20-17-35)27-30-15-18-44-37(22-30)33-25-40(50-4)43(53-7)41(26-33)51-5;;/h8-15,18,21-26,35H,16-17,19-20,27-28H2,1-7H3;2*1H. The second kappa shape index (κ2) is 20.0. The Morgan fingerprint density at radius 2 is 1.15 bits per heavy atom. The molecule has 1 aliphatic rings. The molecule has 2 heterocycles. The van der Waals surface area contributed by atoms with Crippen molar-refractivity contribution in [3.8, 4) is 62.6 Å². The Morgan fingerprint density at radius 1 is 0.582 bits per heavy atom. The Labute approximate surface area is 337 Å². The van der Waals surface area contributed by atoms with Crippen LogP contribution in [-0.4, -0.2) is 78.8 Å². The lowest BCUT2D eigenvalue weighted by atomic mass is 9.98. The molecule has 0 atom stereocenters. The van der Waals surface area contributed by atoms with Crippen molar-refractivity contribution in [1.29, 1.82) is 0 Å². The fourth-order valence-electron chi connectivity index (χ4n) is 7.11. The fourth-order valence-corrected chi connectivity index (χ4v) is 7.11. The molecule has 0 N–H and O–H groups in total. The summed E-state index contributed by atoms with van der Waals surface area (Å²) in [5.41, 5.74) is 7.43. The van der Waals surface area contributed by atoms with Gasteiger partial charge in [0.2, 0.25) is 11.5 Å². The van der Waals surface area contributed by atoms with Gasteiger partial charge in [0.1, 0.15) is 5.75 Å². The predicted molar refractivity (Wildman–Crippen MR) is 223 cm³/mol. The maximum absolute atomic E-state index is 5.64. The second-order valence-corrected chi connectivity index (χ2v) is 12.9. The number of anilines is 1. The van der Waals surface area contributed by atoms with Gasteiger partial charge in [-0.2, -0.15) is 0 Å². The average Bonchev–Trinajstić information content (AvgIpc) is 3.22. The minimum atomic E-state index is 0. The number of pyridine rings is 1. The molecule has 1 saturated heterocycles. The molecule has 0 unspecified atom stereocenters. The number of hydrogen-bond donors (Lipinski definition) is 0. The van der Waals surface area contributed by atoms with Crippen LogP contribution in [-0.2, 0) is 13.1 Å². The van der Waals surface area contributed by atoms with Crippen LogP contribution in [0.2, 0.25) is 0 Å². The number of piperidine rings is 1. The van der Waals surface area contributed by atoms with Crippen LogP contribution in [0, 0.1) is 0 Å². The van der Waals surface area contributed by atoms with Gasteiger partial charge in [0.15, 0.2) is 23.0 Å². The third-order valence-electron chi connectivity index (χ3n) is 9.87. The van der Waals surface area contributed by atoms with Crippen molar-refractivity contribution in [1.82, 2.24) is 9.88 Å². The molecule has 1 fully saturated rings. The van der Waals surface area contributed by atoms with Crippen molar-refractivity contribution in [2.75, 3.05) is 67.8 Å². The van der Waals surface area contributed by atoms with E-state index in [1.807, 2.05) is 42.6 Å². The molecule has 0 amide bonds. The molecule has 0 bridgehead atoms. The van der Waals surface area contributed by atoms with Crippen LogP contribution < -0.4 is 38.1 Å². The molecule has 0 spiro atoms. The number of halogens is 2. The normalized spacial score (nSPS) is 12.8. The molecule has 1 aliphatic heterocycles. The van der Waals surface area contributed by atoms with Crippen molar-refractivity contribution in [2.24, 2.45) is 0 Å². The third kappa shape index (κ3) is 9.80. The van der Waals surface area contributed by atoms with E-state index in [0.717, 1.165) is 67.2 Å². The Balaban J connectivity index is 0.00000336. The first-order valence-electron chi connectivity index (χ1n) is 17.7. The van der Waals surface area contributed by atoms with Gasteiger partial charge < -0.3 is 38.1 Å². The molecule has 0 saturated carbocycles. The maximum atomic E-state index is 5.64. The number of ether oxygens (including phenoxy) is 7. The van der Waals surface area contributed by atoms with Crippen LogP contribution in [0.1, 0.15) is 24.0 Å². The van der Waals surface area contributed by atoms with Gasteiger partial charge in [-0.25, -0.2) is 0 Å². The van der Waals surface area contributed by atoms with Crippen LogP contribution in [0.3, 0.4) is 0 Å². The highest BCUT2D eigenvalue weighted by Gasteiger charge is 2.26. The Kier molecular flexibility index (Phi) is 15.6. The van der Waals surface area contributed by atoms with E-state index < -0.39 is 0 Å². The van der Waals surface area contributed by atoms with Gasteiger partial charge in [0.25, 0.3) is 0 Å². The number of benzene rings is 4. The highest BCUT2D eigenvalue weighted by Crippen LogP contribution is 2.42. The van der Waals surface area contributed by atoms with Crippen molar-refractivity contribution in [2.45, 2.75) is 32.0 Å². The zero-order valence-corrected chi connectivity index (χ0v) is 34.1. The summed E-state index contributed by atoms with van der Waals surface area (Å²) in [6, 6.07) is 29.6. The summed E-state index contributed by atoms with van der Waals surface area (Å²) < 4.78 is 39.0. The minimum Gasteiger partial charge on any atom is -0.497 e. The number of likely N-dealkylation sites (tertiary alicyclic amines) is 1. The lowest BCUT2D eigenvalue weighted by Crippen LogP contribution is -2.44. The summed E-state index contributed by atoms with van der Waals surface area (Å²) in [7, 11) is 11.5. The lowest BCUT2D eigenvalue weighted by molar-refractivity contribution is 0.201. The molecule has 55 heavy (non-hydrogen) atoms. The molecule has 0 aliphatic carbocycles. The molecule has 4 aromatic carbocycles. The first kappa shape index (κ1) is 42.7. The number of rotatable bonds is 15. The smallest absolute Gasteiger partial charge is 0.203 e. The van der Waals surface area contributed by atoms with Gasteiger partial charge in [-0.1, -0.05) is 18.2 Å². The summed E-state index contributed by atoms with van der Waals surface area (Å²) in [6.45, 7) is 3.55. The quantitative estimate of drug-likeness (QED) is 0.103. The monoisotopic (exact) mass is 791 g/mol. The minimum absolute atomic E-state index is 0. The lowest BCUT2D eigenvalue weighted by Gasteiger charge is -2.40. The van der Waals surface area contributed by atoms with Crippen LogP contribution in [0.4, 0.5) is 5.69 Å². The highest BCUT2D eigenvalue weighted by atomic mass is 35.5. The Morgan fingerprint density at radius 3 is 1.67 bits per heavy atom. The number of hydrogen-bond acceptors (Lipinski definition) is 10. The second-order valence-electron chi connectivity index (χ2n) is 12.9. The van der Waals surface area contributed by atoms with Crippen LogP contribution in [0.25, 0.3) is 22.4 Å². The molecule has 1 aromatic heterocycles. The first-order valence-corrected chi connectivity index (χ1v) is 17.7. The Hall–Kier alpha value is -5.03. The summed E-state index contributed by atoms with van der Waals surface area (Å²) >= 11 is 0. The zero-order chi connectivity index (χ0) is 37.3. The molecule has 5 aromatic rings. The van der Waals surface area contributed by atoms with E-state index in [4.69, 9.17) is 33.2 Å². The van der Waals surface area contributed by atoms with Crippen molar-refractivity contribution < 1.29 is 33.2 Å². The summed E-state index contributed by atoms with van der Waals surface area (Å²) in [5, 5.41) is 0. The van der Waals surface area contributed by atoms with Gasteiger partial charge >= 0.3 is 0 Å². The SMILES string of the molecule is COc1ccc(N(Cc2cccc(-c3cc(OC)c(OC)c(OC)c3)c2)C2CCN(Cc3ccnc(-c4cc(OC)c(OC)c(OC)c4)c3)CC2)cc1.Cl.Cl. The topological polar surface area (TPSA) is 84.0 Å². The van der Waals surface area contributed by atoms with Crippen molar-refractivity contribution in [3.05, 3.63) is 102 Å². The summed E-state index contributed by atoms with van der Waals surface area (Å²) in [5.74, 6) is 4.45. The third-order valence-corrected chi connectivity index (χ3v) is 9.87. The molecular weight excluding hydrogens is 741 g/mol. The number of methoxy groups -OCH3 is 7. The maximum Gasteiger partial charge on any atom is 0.203 e. The van der Waals surface area contributed by atoms with E-state index >= 15 is 0 Å². The molecule has 10 nitrogen and oxygen atoms in total. The first-order chi connectivity index (χ1) is 25.9. The molecule has 0 radical (unpaired) electrons. The molecule has 294 valence electrons. The van der Waals surface area contributed by atoms with E-state index in [1.54, 1.807) is 49.8 Å². The number of nitrogens with zero attached hydrogens (tertiary/aromatic N) is 3. The van der Waals surface area contributed by atoms with E-state index in [-0.39, 0.29) is 24.8 Å². The van der Waals surface area contributed by atoms with Crippen LogP contribution in [0.5, 0.6) is 40.2 Å². The van der Waals surface area contributed by atoms with Crippen molar-refractivity contribution in [3.63, 3.8) is 0 Å².